The van der Waals surface area contributed by atoms with E-state index in [9.17, 15) is 0 Å². The molecule has 1 rings (SSSR count). The Morgan fingerprint density at radius 2 is 1.95 bits per heavy atom. The lowest BCUT2D eigenvalue weighted by Crippen LogP contribution is -2.15. The summed E-state index contributed by atoms with van der Waals surface area (Å²) in [5.41, 5.74) is 3.39. The molecule has 0 aromatic carbocycles. The third-order valence-corrected chi connectivity index (χ3v) is 2.86. The summed E-state index contributed by atoms with van der Waals surface area (Å²) in [6.45, 7) is 6.28. The maximum absolute atomic E-state index is 5.67. The number of nitrogens with two attached hydrogens (primary N) is 1. The van der Waals surface area contributed by atoms with Crippen molar-refractivity contribution in [3.8, 4) is 5.88 Å². The van der Waals surface area contributed by atoms with Gasteiger partial charge in [0, 0.05) is 26.7 Å². The summed E-state index contributed by atoms with van der Waals surface area (Å²) in [5, 5.41) is 0. The van der Waals surface area contributed by atoms with Crippen LogP contribution in [-0.2, 0) is 15.9 Å². The number of nitrogen functional groups attached to an aromatic ring is 1. The maximum atomic E-state index is 5.67. The first kappa shape index (κ1) is 17.6. The molecule has 0 saturated carbocycles. The van der Waals surface area contributed by atoms with E-state index < -0.39 is 0 Å². The van der Waals surface area contributed by atoms with Gasteiger partial charge in [-0.05, 0) is 19.8 Å². The number of hydrogen-bond acceptors (Lipinski definition) is 7. The van der Waals surface area contributed by atoms with Crippen molar-refractivity contribution in [1.82, 2.24) is 9.97 Å². The fourth-order valence-corrected chi connectivity index (χ4v) is 1.76. The molecule has 0 unspecified atom stereocenters. The zero-order chi connectivity index (χ0) is 15.5. The van der Waals surface area contributed by atoms with Gasteiger partial charge in [0.15, 0.2) is 0 Å². The lowest BCUT2D eigenvalue weighted by molar-refractivity contribution is 0.0793. The molecule has 3 N–H and O–H groups in total. The van der Waals surface area contributed by atoms with E-state index in [0.29, 0.717) is 38.1 Å². The van der Waals surface area contributed by atoms with Crippen LogP contribution in [0.15, 0.2) is 0 Å². The van der Waals surface area contributed by atoms with Crippen molar-refractivity contribution in [3.63, 3.8) is 0 Å². The molecular formula is C14H26N4O3. The van der Waals surface area contributed by atoms with Crippen molar-refractivity contribution >= 4 is 5.82 Å². The predicted octanol–water partition coefficient (Wildman–Crippen LogP) is 1.46. The summed E-state index contributed by atoms with van der Waals surface area (Å²) in [5.74, 6) is 7.36. The molecule has 0 fully saturated rings. The summed E-state index contributed by atoms with van der Waals surface area (Å²) < 4.78 is 16.1. The van der Waals surface area contributed by atoms with Crippen LogP contribution in [0, 0.1) is 6.92 Å². The predicted molar refractivity (Wildman–Crippen MR) is 81.4 cm³/mol. The second kappa shape index (κ2) is 10.3. The molecule has 0 radical (unpaired) electrons. The van der Waals surface area contributed by atoms with Crippen LogP contribution in [-0.4, -0.2) is 43.5 Å². The fraction of sp³-hybridized carbons (Fsp3) is 0.714. The van der Waals surface area contributed by atoms with E-state index in [1.54, 1.807) is 7.11 Å². The molecule has 1 aromatic rings. The number of nitrogens with one attached hydrogen (secondary N) is 1. The van der Waals surface area contributed by atoms with E-state index in [0.717, 1.165) is 30.7 Å². The topological polar surface area (TPSA) is 91.5 Å². The number of hydrogen-bond donors (Lipinski definition) is 2. The van der Waals surface area contributed by atoms with Crippen molar-refractivity contribution in [2.45, 2.75) is 33.1 Å². The van der Waals surface area contributed by atoms with Crippen molar-refractivity contribution in [3.05, 3.63) is 11.4 Å². The number of rotatable bonds is 11. The van der Waals surface area contributed by atoms with Gasteiger partial charge in [-0.3, -0.25) is 0 Å². The van der Waals surface area contributed by atoms with Crippen molar-refractivity contribution < 1.29 is 14.2 Å². The first-order valence-corrected chi connectivity index (χ1v) is 7.26. The Bertz CT molecular complexity index is 415. The van der Waals surface area contributed by atoms with Crippen molar-refractivity contribution in [2.24, 2.45) is 5.84 Å². The van der Waals surface area contributed by atoms with Gasteiger partial charge in [0.05, 0.1) is 12.2 Å². The van der Waals surface area contributed by atoms with Crippen LogP contribution in [0.2, 0.25) is 0 Å². The average molecular weight is 298 g/mol. The number of aromatic nitrogens is 2. The average Bonchev–Trinajstić information content (AvgIpc) is 2.49. The highest BCUT2D eigenvalue weighted by Crippen LogP contribution is 2.21. The number of methoxy groups -OCH3 is 1. The van der Waals surface area contributed by atoms with Gasteiger partial charge < -0.3 is 19.6 Å². The number of nitrogens with zero attached hydrogens (tertiary/aromatic N) is 2. The second-order valence-corrected chi connectivity index (χ2v) is 4.62. The van der Waals surface area contributed by atoms with Crippen LogP contribution in [0.4, 0.5) is 5.82 Å². The summed E-state index contributed by atoms with van der Waals surface area (Å²) >= 11 is 0. The van der Waals surface area contributed by atoms with Crippen LogP contribution in [0.5, 0.6) is 5.88 Å². The van der Waals surface area contributed by atoms with Crippen LogP contribution >= 0.6 is 0 Å². The molecule has 1 heterocycles. The SMILES string of the molecule is CCCc1nc(NN)c(C)c(OCCOCCCOC)n1. The highest BCUT2D eigenvalue weighted by Gasteiger charge is 2.11. The molecule has 7 heteroatoms. The highest BCUT2D eigenvalue weighted by molar-refractivity contribution is 5.47. The monoisotopic (exact) mass is 298 g/mol. The molecule has 0 aliphatic heterocycles. The smallest absolute Gasteiger partial charge is 0.221 e. The molecule has 7 nitrogen and oxygen atoms in total. The van der Waals surface area contributed by atoms with E-state index in [-0.39, 0.29) is 0 Å². The first-order valence-electron chi connectivity index (χ1n) is 7.26. The van der Waals surface area contributed by atoms with Gasteiger partial charge >= 0.3 is 0 Å². The summed E-state index contributed by atoms with van der Waals surface area (Å²) in [7, 11) is 1.68. The minimum absolute atomic E-state index is 0.445. The molecule has 0 bridgehead atoms. The molecule has 1 aromatic heterocycles. The Morgan fingerprint density at radius 1 is 1.14 bits per heavy atom. The van der Waals surface area contributed by atoms with E-state index in [4.69, 9.17) is 20.1 Å². The summed E-state index contributed by atoms with van der Waals surface area (Å²) in [6.07, 6.45) is 2.64. The number of hydrazine groups is 1. The number of ether oxygens (including phenoxy) is 3. The van der Waals surface area contributed by atoms with Gasteiger partial charge in [-0.15, -0.1) is 0 Å². The fourth-order valence-electron chi connectivity index (χ4n) is 1.76. The molecule has 0 aliphatic carbocycles. The second-order valence-electron chi connectivity index (χ2n) is 4.62. The van der Waals surface area contributed by atoms with Gasteiger partial charge in [0.25, 0.3) is 0 Å². The Labute approximate surface area is 126 Å². The Hall–Kier alpha value is -1.44. The molecule has 0 saturated heterocycles. The van der Waals surface area contributed by atoms with E-state index in [1.165, 1.54) is 0 Å². The molecule has 120 valence electrons. The quantitative estimate of drug-likeness (QED) is 0.363. The van der Waals surface area contributed by atoms with Crippen LogP contribution < -0.4 is 16.0 Å². The maximum Gasteiger partial charge on any atom is 0.221 e. The van der Waals surface area contributed by atoms with Crippen LogP contribution in [0.25, 0.3) is 0 Å². The van der Waals surface area contributed by atoms with Gasteiger partial charge in [0.1, 0.15) is 18.2 Å². The minimum atomic E-state index is 0.445. The van der Waals surface area contributed by atoms with E-state index >= 15 is 0 Å². The molecule has 0 aliphatic rings. The molecular weight excluding hydrogens is 272 g/mol. The number of aryl methyl sites for hydroxylation is 1. The Morgan fingerprint density at radius 3 is 2.62 bits per heavy atom. The third-order valence-electron chi connectivity index (χ3n) is 2.86. The number of anilines is 1. The lowest BCUT2D eigenvalue weighted by atomic mass is 10.3. The van der Waals surface area contributed by atoms with Gasteiger partial charge in [-0.2, -0.15) is 4.98 Å². The van der Waals surface area contributed by atoms with Gasteiger partial charge in [-0.1, -0.05) is 6.92 Å². The van der Waals surface area contributed by atoms with Crippen molar-refractivity contribution in [2.75, 3.05) is 39.0 Å². The van der Waals surface area contributed by atoms with Gasteiger partial charge in [0.2, 0.25) is 5.88 Å². The Kier molecular flexibility index (Phi) is 8.65. The highest BCUT2D eigenvalue weighted by atomic mass is 16.5. The minimum Gasteiger partial charge on any atom is -0.475 e. The third kappa shape index (κ3) is 6.24. The molecule has 0 spiro atoms. The molecule has 0 amide bonds. The van der Waals surface area contributed by atoms with Crippen molar-refractivity contribution in [1.29, 1.82) is 0 Å². The Balaban J connectivity index is 2.47. The zero-order valence-electron chi connectivity index (χ0n) is 13.1. The van der Waals surface area contributed by atoms with Crippen LogP contribution in [0.3, 0.4) is 0 Å². The van der Waals surface area contributed by atoms with Gasteiger partial charge in [-0.25, -0.2) is 10.8 Å². The van der Waals surface area contributed by atoms with E-state index in [1.807, 2.05) is 6.92 Å². The normalized spacial score (nSPS) is 10.7. The van der Waals surface area contributed by atoms with Crippen LogP contribution in [0.1, 0.15) is 31.2 Å². The summed E-state index contributed by atoms with van der Waals surface area (Å²) in [4.78, 5) is 8.76. The zero-order valence-corrected chi connectivity index (χ0v) is 13.1. The standard InChI is InChI=1S/C14H26N4O3/c1-4-6-12-16-13(18-15)11(2)14(17-12)21-10-9-20-8-5-7-19-3/h4-10,15H2,1-3H3,(H,16,17,18). The largest absolute Gasteiger partial charge is 0.475 e. The molecule has 21 heavy (non-hydrogen) atoms. The lowest BCUT2D eigenvalue weighted by Gasteiger charge is -2.13. The summed E-state index contributed by atoms with van der Waals surface area (Å²) in [6, 6.07) is 0. The first-order chi connectivity index (χ1) is 10.2. The molecule has 0 atom stereocenters. The van der Waals surface area contributed by atoms with E-state index in [2.05, 4.69) is 22.3 Å².